The average molecular weight is 394 g/mol. The third-order valence-corrected chi connectivity index (χ3v) is 5.94. The van der Waals surface area contributed by atoms with Crippen molar-refractivity contribution in [2.75, 3.05) is 36.9 Å². The summed E-state index contributed by atoms with van der Waals surface area (Å²) in [6.07, 6.45) is 4.84. The van der Waals surface area contributed by atoms with E-state index in [1.54, 1.807) is 23.4 Å². The van der Waals surface area contributed by atoms with E-state index in [9.17, 15) is 9.59 Å². The second kappa shape index (κ2) is 8.21. The molecule has 2 fully saturated rings. The molecular weight excluding hydrogens is 368 g/mol. The van der Waals surface area contributed by atoms with E-state index in [0.717, 1.165) is 24.1 Å². The van der Waals surface area contributed by atoms with Gasteiger partial charge in [0.1, 0.15) is 0 Å². The van der Waals surface area contributed by atoms with E-state index in [4.69, 9.17) is 4.74 Å². The molecule has 0 saturated carbocycles. The van der Waals surface area contributed by atoms with E-state index in [2.05, 4.69) is 15.6 Å². The first-order valence-electron chi connectivity index (χ1n) is 9.97. The minimum absolute atomic E-state index is 0.0641. The largest absolute Gasteiger partial charge is 0.381 e. The van der Waals surface area contributed by atoms with E-state index < -0.39 is 0 Å². The topological polar surface area (TPSA) is 83.6 Å². The summed E-state index contributed by atoms with van der Waals surface area (Å²) in [4.78, 5) is 31.9. The molecule has 1 aromatic heterocycles. The van der Waals surface area contributed by atoms with Crippen molar-refractivity contribution in [2.24, 2.45) is 11.3 Å². The lowest BCUT2D eigenvalue weighted by Gasteiger charge is -2.37. The van der Waals surface area contributed by atoms with E-state index in [1.165, 1.54) is 0 Å². The Kier molecular flexibility index (Phi) is 5.49. The molecule has 29 heavy (non-hydrogen) atoms. The van der Waals surface area contributed by atoms with E-state index >= 15 is 0 Å². The molecule has 1 aromatic carbocycles. The molecule has 4 rings (SSSR count). The molecule has 1 atom stereocenters. The summed E-state index contributed by atoms with van der Waals surface area (Å²) in [7, 11) is 0. The van der Waals surface area contributed by atoms with Crippen molar-refractivity contribution < 1.29 is 14.3 Å². The van der Waals surface area contributed by atoms with Crippen LogP contribution in [0.15, 0.2) is 48.8 Å². The lowest BCUT2D eigenvalue weighted by molar-refractivity contribution is -0.124. The van der Waals surface area contributed by atoms with Crippen molar-refractivity contribution >= 4 is 23.3 Å². The quantitative estimate of drug-likeness (QED) is 0.837. The predicted octanol–water partition coefficient (Wildman–Crippen LogP) is 3.29. The number of ether oxygens (including phenoxy) is 1. The van der Waals surface area contributed by atoms with Gasteiger partial charge in [-0.05, 0) is 49.6 Å². The van der Waals surface area contributed by atoms with Crippen LogP contribution in [-0.2, 0) is 9.53 Å². The number of urea groups is 1. The summed E-state index contributed by atoms with van der Waals surface area (Å²) >= 11 is 0. The Labute approximate surface area is 170 Å². The molecule has 0 bridgehead atoms. The van der Waals surface area contributed by atoms with E-state index in [-0.39, 0.29) is 23.3 Å². The number of pyridine rings is 1. The van der Waals surface area contributed by atoms with Crippen LogP contribution in [0.1, 0.15) is 18.4 Å². The van der Waals surface area contributed by atoms with Gasteiger partial charge < -0.3 is 20.3 Å². The first-order chi connectivity index (χ1) is 14.1. The predicted molar refractivity (Wildman–Crippen MR) is 111 cm³/mol. The van der Waals surface area contributed by atoms with E-state index in [0.29, 0.717) is 32.0 Å². The second-order valence-electron chi connectivity index (χ2n) is 7.94. The van der Waals surface area contributed by atoms with Gasteiger partial charge in [-0.2, -0.15) is 0 Å². The minimum Gasteiger partial charge on any atom is -0.381 e. The molecule has 2 saturated heterocycles. The monoisotopic (exact) mass is 394 g/mol. The molecule has 0 aliphatic carbocycles. The molecule has 3 heterocycles. The number of hydrogen-bond acceptors (Lipinski definition) is 4. The highest BCUT2D eigenvalue weighted by molar-refractivity contribution is 5.95. The van der Waals surface area contributed by atoms with Gasteiger partial charge in [-0.1, -0.05) is 12.1 Å². The first kappa shape index (κ1) is 19.4. The molecule has 0 unspecified atom stereocenters. The van der Waals surface area contributed by atoms with Crippen LogP contribution in [0.3, 0.4) is 0 Å². The smallest absolute Gasteiger partial charge is 0.321 e. The highest BCUT2D eigenvalue weighted by Gasteiger charge is 2.51. The van der Waals surface area contributed by atoms with Crippen LogP contribution in [0.4, 0.5) is 16.2 Å². The van der Waals surface area contributed by atoms with Crippen LogP contribution in [-0.4, -0.2) is 48.1 Å². The summed E-state index contributed by atoms with van der Waals surface area (Å²) in [6, 6.07) is 11.1. The molecule has 7 nitrogen and oxygen atoms in total. The third-order valence-electron chi connectivity index (χ3n) is 5.94. The zero-order valence-corrected chi connectivity index (χ0v) is 16.6. The molecule has 2 aliphatic rings. The van der Waals surface area contributed by atoms with Crippen molar-refractivity contribution in [1.29, 1.82) is 0 Å². The number of nitrogens with one attached hydrogen (secondary N) is 2. The second-order valence-corrected chi connectivity index (χ2v) is 7.94. The van der Waals surface area contributed by atoms with Gasteiger partial charge in [-0.25, -0.2) is 4.79 Å². The van der Waals surface area contributed by atoms with Crippen molar-refractivity contribution in [3.05, 3.63) is 54.4 Å². The van der Waals surface area contributed by atoms with Crippen molar-refractivity contribution in [1.82, 2.24) is 9.88 Å². The number of rotatable bonds is 3. The third kappa shape index (κ3) is 4.24. The van der Waals surface area contributed by atoms with Crippen LogP contribution in [0.5, 0.6) is 0 Å². The summed E-state index contributed by atoms with van der Waals surface area (Å²) in [5.74, 6) is -0.347. The number of aromatic nitrogens is 1. The maximum absolute atomic E-state index is 13.1. The minimum atomic E-state index is -0.283. The summed E-state index contributed by atoms with van der Waals surface area (Å²) in [6.45, 7) is 4.16. The summed E-state index contributed by atoms with van der Waals surface area (Å²) < 4.78 is 5.55. The number of benzene rings is 1. The maximum atomic E-state index is 13.1. The van der Waals surface area contributed by atoms with E-state index in [1.807, 2.05) is 37.3 Å². The number of aryl methyl sites for hydroxylation is 1. The molecule has 2 aliphatic heterocycles. The van der Waals surface area contributed by atoms with Gasteiger partial charge in [-0.3, -0.25) is 9.78 Å². The lowest BCUT2D eigenvalue weighted by atomic mass is 9.71. The molecule has 7 heteroatoms. The molecule has 1 spiro atoms. The Balaban J connectivity index is 1.51. The van der Waals surface area contributed by atoms with Crippen LogP contribution < -0.4 is 10.6 Å². The average Bonchev–Trinajstić information content (AvgIpc) is 3.08. The summed E-state index contributed by atoms with van der Waals surface area (Å²) in [5, 5.41) is 5.94. The number of anilines is 2. The zero-order chi connectivity index (χ0) is 20.3. The van der Waals surface area contributed by atoms with Gasteiger partial charge in [0.2, 0.25) is 5.91 Å². The fourth-order valence-corrected chi connectivity index (χ4v) is 4.36. The fraction of sp³-hybridized carbons (Fsp3) is 0.409. The van der Waals surface area contributed by atoms with Gasteiger partial charge in [0.25, 0.3) is 0 Å². The Morgan fingerprint density at radius 3 is 2.66 bits per heavy atom. The fourth-order valence-electron chi connectivity index (χ4n) is 4.36. The zero-order valence-electron chi connectivity index (χ0n) is 16.6. The Bertz CT molecular complexity index is 881. The Hall–Kier alpha value is -2.93. The Morgan fingerprint density at radius 2 is 1.93 bits per heavy atom. The number of nitrogens with zero attached hydrogens (tertiary/aromatic N) is 2. The number of amides is 3. The van der Waals surface area contributed by atoms with Gasteiger partial charge in [-0.15, -0.1) is 0 Å². The van der Waals surface area contributed by atoms with Crippen molar-refractivity contribution in [3.63, 3.8) is 0 Å². The summed E-state index contributed by atoms with van der Waals surface area (Å²) in [5.41, 5.74) is 2.26. The van der Waals surface area contributed by atoms with Gasteiger partial charge in [0.05, 0.1) is 17.8 Å². The highest BCUT2D eigenvalue weighted by Crippen LogP contribution is 2.45. The number of hydrogen-bond donors (Lipinski definition) is 2. The van der Waals surface area contributed by atoms with Gasteiger partial charge in [0.15, 0.2) is 0 Å². The molecule has 2 N–H and O–H groups in total. The van der Waals surface area contributed by atoms with Gasteiger partial charge in [0, 0.05) is 43.6 Å². The molecule has 2 aromatic rings. The number of carbonyl (C=O) groups is 2. The van der Waals surface area contributed by atoms with Crippen LogP contribution in [0.25, 0.3) is 0 Å². The molecule has 0 radical (unpaired) electrons. The standard InChI is InChI=1S/C22H26N4O3/c1-16-4-2-5-17(12-16)25-21(28)26-14-19(22(15-26)7-10-29-11-8-22)20(27)24-18-6-3-9-23-13-18/h2-6,9,12-13,19H,7-8,10-11,14-15H2,1H3,(H,24,27)(H,25,28)/t19-/m1/s1. The Morgan fingerprint density at radius 1 is 1.14 bits per heavy atom. The highest BCUT2D eigenvalue weighted by atomic mass is 16.5. The van der Waals surface area contributed by atoms with Crippen LogP contribution in [0.2, 0.25) is 0 Å². The molecule has 3 amide bonds. The first-order valence-corrected chi connectivity index (χ1v) is 9.97. The van der Waals surface area contributed by atoms with Gasteiger partial charge >= 0.3 is 6.03 Å². The number of likely N-dealkylation sites (tertiary alicyclic amines) is 1. The van der Waals surface area contributed by atoms with Crippen LogP contribution >= 0.6 is 0 Å². The maximum Gasteiger partial charge on any atom is 0.321 e. The normalized spacial score (nSPS) is 20.4. The molecular formula is C22H26N4O3. The lowest BCUT2D eigenvalue weighted by Crippen LogP contribution is -2.42. The number of carbonyl (C=O) groups excluding carboxylic acids is 2. The molecule has 152 valence electrons. The van der Waals surface area contributed by atoms with Crippen molar-refractivity contribution in [2.45, 2.75) is 19.8 Å². The van der Waals surface area contributed by atoms with Crippen molar-refractivity contribution in [3.8, 4) is 0 Å². The van der Waals surface area contributed by atoms with Crippen LogP contribution in [0, 0.1) is 18.3 Å². The SMILES string of the molecule is Cc1cccc(NC(=O)N2C[C@H](C(=O)Nc3cccnc3)C3(CCOCC3)C2)c1.